The zero-order chi connectivity index (χ0) is 19.3. The summed E-state index contributed by atoms with van der Waals surface area (Å²) in [6.45, 7) is 0.256. The molecule has 0 spiro atoms. The van der Waals surface area contributed by atoms with Gasteiger partial charge in [0.15, 0.2) is 11.5 Å². The number of thiophene rings is 1. The van der Waals surface area contributed by atoms with E-state index in [1.54, 1.807) is 13.2 Å². The van der Waals surface area contributed by atoms with Crippen molar-refractivity contribution in [1.82, 2.24) is 20.4 Å². The number of amides is 1. The normalized spacial score (nSPS) is 10.6. The highest BCUT2D eigenvalue weighted by Gasteiger charge is 2.14. The fraction of sp³-hybridized carbons (Fsp3) is 0.100. The molecule has 0 fully saturated rings. The van der Waals surface area contributed by atoms with Crippen LogP contribution in [0.3, 0.4) is 0 Å². The number of carbonyl (C=O) groups excluding carboxylic acids is 1. The Morgan fingerprint density at radius 1 is 1.18 bits per heavy atom. The second-order valence-electron chi connectivity index (χ2n) is 5.86. The van der Waals surface area contributed by atoms with Crippen molar-refractivity contribution in [1.29, 1.82) is 0 Å². The zero-order valence-electron chi connectivity index (χ0n) is 15.0. The van der Waals surface area contributed by atoms with Crippen LogP contribution in [0.15, 0.2) is 64.8 Å². The second-order valence-corrected chi connectivity index (χ2v) is 6.81. The van der Waals surface area contributed by atoms with E-state index in [9.17, 15) is 4.79 Å². The van der Waals surface area contributed by atoms with Crippen LogP contribution in [0.25, 0.3) is 21.9 Å². The molecule has 1 amide bonds. The zero-order valence-corrected chi connectivity index (χ0v) is 15.8. The Kier molecular flexibility index (Phi) is 5.11. The SMILES string of the molecule is COc1ccc(-c2cc(CNC(=O)c3cc(-c4cccs4)on3)ncn2)cc1. The van der Waals surface area contributed by atoms with E-state index in [2.05, 4.69) is 20.4 Å². The summed E-state index contributed by atoms with van der Waals surface area (Å²) in [5.41, 5.74) is 2.63. The van der Waals surface area contributed by atoms with Crippen molar-refractivity contribution in [3.8, 4) is 27.6 Å². The first-order valence-electron chi connectivity index (χ1n) is 8.47. The minimum atomic E-state index is -0.323. The van der Waals surface area contributed by atoms with E-state index in [1.807, 2.05) is 47.8 Å². The number of benzene rings is 1. The fourth-order valence-corrected chi connectivity index (χ4v) is 3.27. The topological polar surface area (TPSA) is 90.1 Å². The molecule has 1 aromatic carbocycles. The number of methoxy groups -OCH3 is 1. The molecule has 0 aliphatic rings. The van der Waals surface area contributed by atoms with E-state index in [-0.39, 0.29) is 18.1 Å². The van der Waals surface area contributed by atoms with E-state index < -0.39 is 0 Å². The van der Waals surface area contributed by atoms with Crippen molar-refractivity contribution in [2.45, 2.75) is 6.54 Å². The second kappa shape index (κ2) is 8.01. The lowest BCUT2D eigenvalue weighted by Gasteiger charge is -2.06. The molecule has 4 rings (SSSR count). The van der Waals surface area contributed by atoms with Crippen molar-refractivity contribution in [2.75, 3.05) is 7.11 Å². The molecular weight excluding hydrogens is 376 g/mol. The number of carbonyl (C=O) groups is 1. The molecule has 1 N–H and O–H groups in total. The minimum absolute atomic E-state index is 0.229. The first kappa shape index (κ1) is 17.9. The van der Waals surface area contributed by atoms with Gasteiger partial charge in [0.1, 0.15) is 12.1 Å². The van der Waals surface area contributed by atoms with Crippen LogP contribution in [0.2, 0.25) is 0 Å². The summed E-state index contributed by atoms with van der Waals surface area (Å²) in [5, 5.41) is 8.58. The number of nitrogens with zero attached hydrogens (tertiary/aromatic N) is 3. The van der Waals surface area contributed by atoms with Gasteiger partial charge in [-0.15, -0.1) is 11.3 Å². The molecule has 7 nitrogen and oxygen atoms in total. The van der Waals surface area contributed by atoms with Crippen molar-refractivity contribution in [3.63, 3.8) is 0 Å². The smallest absolute Gasteiger partial charge is 0.273 e. The maximum Gasteiger partial charge on any atom is 0.273 e. The van der Waals surface area contributed by atoms with Crippen LogP contribution in [0.5, 0.6) is 5.75 Å². The van der Waals surface area contributed by atoms with Crippen LogP contribution in [0.4, 0.5) is 0 Å². The van der Waals surface area contributed by atoms with Gasteiger partial charge in [-0.05, 0) is 41.8 Å². The van der Waals surface area contributed by atoms with Gasteiger partial charge in [0.05, 0.1) is 29.9 Å². The maximum absolute atomic E-state index is 12.3. The number of nitrogens with one attached hydrogen (secondary N) is 1. The number of aromatic nitrogens is 3. The fourth-order valence-electron chi connectivity index (χ4n) is 2.59. The molecule has 3 aromatic heterocycles. The van der Waals surface area contributed by atoms with Crippen LogP contribution in [-0.2, 0) is 6.54 Å². The molecule has 0 aliphatic heterocycles. The molecule has 0 bridgehead atoms. The summed E-state index contributed by atoms with van der Waals surface area (Å²) in [4.78, 5) is 21.8. The highest BCUT2D eigenvalue weighted by Crippen LogP contribution is 2.25. The average Bonchev–Trinajstić information content (AvgIpc) is 3.44. The van der Waals surface area contributed by atoms with E-state index in [0.717, 1.165) is 21.9 Å². The van der Waals surface area contributed by atoms with Crippen molar-refractivity contribution < 1.29 is 14.1 Å². The number of hydrogen-bond acceptors (Lipinski definition) is 7. The first-order valence-corrected chi connectivity index (χ1v) is 9.35. The summed E-state index contributed by atoms with van der Waals surface area (Å²) < 4.78 is 10.4. The van der Waals surface area contributed by atoms with Crippen LogP contribution < -0.4 is 10.1 Å². The predicted octanol–water partition coefficient (Wildman–Crippen LogP) is 3.80. The monoisotopic (exact) mass is 392 g/mol. The number of hydrogen-bond donors (Lipinski definition) is 1. The van der Waals surface area contributed by atoms with Crippen molar-refractivity contribution in [3.05, 3.63) is 71.6 Å². The quantitative estimate of drug-likeness (QED) is 0.537. The van der Waals surface area contributed by atoms with Crippen LogP contribution in [0, 0.1) is 0 Å². The van der Waals surface area contributed by atoms with Gasteiger partial charge in [-0.25, -0.2) is 9.97 Å². The third-order valence-corrected chi connectivity index (χ3v) is 4.93. The lowest BCUT2D eigenvalue weighted by atomic mass is 10.1. The molecule has 28 heavy (non-hydrogen) atoms. The number of ether oxygens (including phenoxy) is 1. The molecule has 140 valence electrons. The van der Waals surface area contributed by atoms with Gasteiger partial charge in [-0.2, -0.15) is 0 Å². The molecule has 0 saturated carbocycles. The summed E-state index contributed by atoms with van der Waals surface area (Å²) in [7, 11) is 1.62. The Bertz CT molecular complexity index is 1080. The molecule has 0 saturated heterocycles. The largest absolute Gasteiger partial charge is 0.497 e. The summed E-state index contributed by atoms with van der Waals surface area (Å²) in [6, 6.07) is 14.9. The van der Waals surface area contributed by atoms with E-state index >= 15 is 0 Å². The van der Waals surface area contributed by atoms with E-state index in [1.165, 1.54) is 17.7 Å². The van der Waals surface area contributed by atoms with Gasteiger partial charge in [0.25, 0.3) is 5.91 Å². The van der Waals surface area contributed by atoms with E-state index in [0.29, 0.717) is 11.5 Å². The highest BCUT2D eigenvalue weighted by atomic mass is 32.1. The Morgan fingerprint density at radius 2 is 2.04 bits per heavy atom. The van der Waals surface area contributed by atoms with Gasteiger partial charge >= 0.3 is 0 Å². The lowest BCUT2D eigenvalue weighted by molar-refractivity contribution is 0.0941. The average molecular weight is 392 g/mol. The van der Waals surface area contributed by atoms with Gasteiger partial charge < -0.3 is 14.6 Å². The Balaban J connectivity index is 1.42. The summed E-state index contributed by atoms with van der Waals surface area (Å²) in [6.07, 6.45) is 1.48. The van der Waals surface area contributed by atoms with Crippen molar-refractivity contribution in [2.24, 2.45) is 0 Å². The van der Waals surface area contributed by atoms with Gasteiger partial charge in [-0.1, -0.05) is 11.2 Å². The molecule has 0 radical (unpaired) electrons. The molecule has 3 heterocycles. The van der Waals surface area contributed by atoms with Crippen molar-refractivity contribution >= 4 is 17.2 Å². The highest BCUT2D eigenvalue weighted by molar-refractivity contribution is 7.13. The Morgan fingerprint density at radius 3 is 2.79 bits per heavy atom. The third-order valence-electron chi connectivity index (χ3n) is 4.05. The molecule has 4 aromatic rings. The molecule has 0 atom stereocenters. The maximum atomic E-state index is 12.3. The van der Waals surface area contributed by atoms with Crippen LogP contribution >= 0.6 is 11.3 Å². The molecule has 0 aliphatic carbocycles. The van der Waals surface area contributed by atoms with E-state index in [4.69, 9.17) is 9.26 Å². The predicted molar refractivity (Wildman–Crippen MR) is 105 cm³/mol. The molecule has 8 heteroatoms. The molecule has 0 unspecified atom stereocenters. The van der Waals surface area contributed by atoms with Crippen LogP contribution in [0.1, 0.15) is 16.2 Å². The van der Waals surface area contributed by atoms with Gasteiger partial charge in [-0.3, -0.25) is 4.79 Å². The van der Waals surface area contributed by atoms with Crippen LogP contribution in [-0.4, -0.2) is 28.1 Å². The standard InChI is InChI=1S/C20H16N4O3S/c1-26-15-6-4-13(5-7-15)16-9-14(22-12-23-16)11-21-20(25)17-10-18(27-24-17)19-3-2-8-28-19/h2-10,12H,11H2,1H3,(H,21,25). The van der Waals surface area contributed by atoms with Gasteiger partial charge in [0, 0.05) is 11.6 Å². The number of rotatable bonds is 6. The third kappa shape index (κ3) is 3.91. The Hall–Kier alpha value is -3.52. The summed E-state index contributed by atoms with van der Waals surface area (Å²) >= 11 is 1.52. The minimum Gasteiger partial charge on any atom is -0.497 e. The van der Waals surface area contributed by atoms with Gasteiger partial charge in [0.2, 0.25) is 0 Å². The first-order chi connectivity index (χ1) is 13.7. The Labute approximate surface area is 165 Å². The summed E-state index contributed by atoms with van der Waals surface area (Å²) in [5.74, 6) is 1.03. The molecular formula is C20H16N4O3S. The lowest BCUT2D eigenvalue weighted by Crippen LogP contribution is -2.23.